The largest absolute Gasteiger partial charge is 0.478 e. The van der Waals surface area contributed by atoms with Gasteiger partial charge in [-0.25, -0.2) is 9.78 Å². The minimum atomic E-state index is -1.25. The highest BCUT2D eigenvalue weighted by atomic mass is 16.6. The van der Waals surface area contributed by atoms with E-state index < -0.39 is 10.9 Å². The molecule has 0 radical (unpaired) electrons. The summed E-state index contributed by atoms with van der Waals surface area (Å²) in [6, 6.07) is 10.5. The summed E-state index contributed by atoms with van der Waals surface area (Å²) in [5.41, 5.74) is 0.448. The molecule has 0 saturated heterocycles. The van der Waals surface area contributed by atoms with Crippen LogP contribution in [0.15, 0.2) is 42.6 Å². The zero-order chi connectivity index (χ0) is 15.4. The van der Waals surface area contributed by atoms with Crippen molar-refractivity contribution in [1.82, 2.24) is 4.98 Å². The number of hydrogen-bond acceptors (Lipinski definition) is 5. The van der Waals surface area contributed by atoms with Gasteiger partial charge in [-0.05, 0) is 5.56 Å². The van der Waals surface area contributed by atoms with Gasteiger partial charge in [0.25, 0.3) is 5.69 Å². The number of carbonyl (C=O) groups is 1. The molecule has 108 valence electrons. The highest BCUT2D eigenvalue weighted by Crippen LogP contribution is 2.23. The molecule has 2 rings (SSSR count). The zero-order valence-electron chi connectivity index (χ0n) is 11.3. The lowest BCUT2D eigenvalue weighted by atomic mass is 10.2. The number of pyridine rings is 1. The highest BCUT2D eigenvalue weighted by molar-refractivity contribution is 5.94. The Morgan fingerprint density at radius 2 is 2.05 bits per heavy atom. The third kappa shape index (κ3) is 3.33. The number of anilines is 1. The van der Waals surface area contributed by atoms with Gasteiger partial charge in [-0.3, -0.25) is 10.1 Å². The van der Waals surface area contributed by atoms with Crippen molar-refractivity contribution >= 4 is 17.5 Å². The van der Waals surface area contributed by atoms with Gasteiger partial charge >= 0.3 is 5.97 Å². The van der Waals surface area contributed by atoms with E-state index in [0.717, 1.165) is 17.8 Å². The Morgan fingerprint density at radius 1 is 1.38 bits per heavy atom. The third-order valence-electron chi connectivity index (χ3n) is 2.92. The second kappa shape index (κ2) is 6.00. The van der Waals surface area contributed by atoms with Gasteiger partial charge in [0.2, 0.25) is 0 Å². The first-order chi connectivity index (χ1) is 9.99. The summed E-state index contributed by atoms with van der Waals surface area (Å²) in [7, 11) is 1.69. The topological polar surface area (TPSA) is 96.6 Å². The summed E-state index contributed by atoms with van der Waals surface area (Å²) >= 11 is 0. The molecule has 1 N–H and O–H groups in total. The first kappa shape index (κ1) is 14.4. The predicted octanol–water partition coefficient (Wildman–Crippen LogP) is 2.32. The molecule has 1 aromatic heterocycles. The molecule has 0 saturated carbocycles. The van der Waals surface area contributed by atoms with Crippen molar-refractivity contribution in [3.63, 3.8) is 0 Å². The minimum absolute atomic E-state index is 0.192. The standard InChI is InChI=1S/C14H13N3O4/c1-16(9-10-5-3-2-4-6-10)13-12(14(18)19)7-11(8-15-13)17(20)21/h2-8H,9H2,1H3,(H,18,19). The molecule has 1 heterocycles. The van der Waals surface area contributed by atoms with E-state index in [4.69, 9.17) is 0 Å². The second-order valence-electron chi connectivity index (χ2n) is 4.47. The van der Waals surface area contributed by atoms with E-state index >= 15 is 0 Å². The van der Waals surface area contributed by atoms with E-state index in [1.54, 1.807) is 11.9 Å². The van der Waals surface area contributed by atoms with Gasteiger partial charge in [-0.1, -0.05) is 30.3 Å². The van der Waals surface area contributed by atoms with E-state index in [2.05, 4.69) is 4.98 Å². The number of aromatic nitrogens is 1. The predicted molar refractivity (Wildman–Crippen MR) is 76.4 cm³/mol. The molecule has 0 aliphatic carbocycles. The molecule has 7 heteroatoms. The second-order valence-corrected chi connectivity index (χ2v) is 4.47. The summed E-state index contributed by atoms with van der Waals surface area (Å²) in [6.45, 7) is 0.450. The maximum atomic E-state index is 11.3. The fourth-order valence-electron chi connectivity index (χ4n) is 1.94. The molecule has 0 fully saturated rings. The number of hydrogen-bond donors (Lipinski definition) is 1. The fraction of sp³-hybridized carbons (Fsp3) is 0.143. The lowest BCUT2D eigenvalue weighted by molar-refractivity contribution is -0.385. The Hall–Kier alpha value is -2.96. The van der Waals surface area contributed by atoms with Gasteiger partial charge < -0.3 is 10.0 Å². The van der Waals surface area contributed by atoms with Crippen molar-refractivity contribution in [2.45, 2.75) is 6.54 Å². The molecule has 0 bridgehead atoms. The first-order valence-corrected chi connectivity index (χ1v) is 6.12. The number of carboxylic acids is 1. The van der Waals surface area contributed by atoms with Crippen LogP contribution in [-0.2, 0) is 6.54 Å². The SMILES string of the molecule is CN(Cc1ccccc1)c1ncc([N+](=O)[O-])cc1C(=O)O. The van der Waals surface area contributed by atoms with Crippen LogP contribution in [-0.4, -0.2) is 28.0 Å². The van der Waals surface area contributed by atoms with Crippen molar-refractivity contribution in [2.24, 2.45) is 0 Å². The number of rotatable bonds is 5. The van der Waals surface area contributed by atoms with Gasteiger partial charge in [-0.2, -0.15) is 0 Å². The average Bonchev–Trinajstić information content (AvgIpc) is 2.47. The van der Waals surface area contributed by atoms with Crippen molar-refractivity contribution in [3.8, 4) is 0 Å². The number of nitro groups is 1. The molecule has 21 heavy (non-hydrogen) atoms. The molecule has 0 aliphatic heterocycles. The quantitative estimate of drug-likeness (QED) is 0.669. The third-order valence-corrected chi connectivity index (χ3v) is 2.92. The molecule has 0 aliphatic rings. The Bertz CT molecular complexity index is 673. The average molecular weight is 287 g/mol. The molecular formula is C14H13N3O4. The van der Waals surface area contributed by atoms with E-state index in [-0.39, 0.29) is 17.1 Å². The van der Waals surface area contributed by atoms with E-state index in [1.165, 1.54) is 0 Å². The first-order valence-electron chi connectivity index (χ1n) is 6.12. The monoisotopic (exact) mass is 287 g/mol. The molecule has 7 nitrogen and oxygen atoms in total. The van der Waals surface area contributed by atoms with Gasteiger partial charge in [-0.15, -0.1) is 0 Å². The van der Waals surface area contributed by atoms with Crippen LogP contribution in [0.5, 0.6) is 0 Å². The van der Waals surface area contributed by atoms with Crippen LogP contribution in [0.4, 0.5) is 11.5 Å². The summed E-state index contributed by atoms with van der Waals surface area (Å²) in [6.07, 6.45) is 1.06. The Labute approximate surface area is 120 Å². The summed E-state index contributed by atoms with van der Waals surface area (Å²) in [5.74, 6) is -1.06. The van der Waals surface area contributed by atoms with E-state index in [0.29, 0.717) is 6.54 Å². The van der Waals surface area contributed by atoms with Gasteiger partial charge in [0, 0.05) is 19.7 Å². The van der Waals surface area contributed by atoms with Crippen molar-refractivity contribution in [3.05, 3.63) is 63.8 Å². The van der Waals surface area contributed by atoms with Gasteiger partial charge in [0.05, 0.1) is 4.92 Å². The van der Waals surface area contributed by atoms with Gasteiger partial charge in [0.1, 0.15) is 17.6 Å². The van der Waals surface area contributed by atoms with Crippen LogP contribution in [0.3, 0.4) is 0 Å². The molecule has 0 atom stereocenters. The Balaban J connectivity index is 2.34. The van der Waals surface area contributed by atoms with Crippen LogP contribution in [0.25, 0.3) is 0 Å². The van der Waals surface area contributed by atoms with E-state index in [1.807, 2.05) is 30.3 Å². The maximum Gasteiger partial charge on any atom is 0.339 e. The van der Waals surface area contributed by atoms with Crippen LogP contribution < -0.4 is 4.90 Å². The fourth-order valence-corrected chi connectivity index (χ4v) is 1.94. The number of aromatic carboxylic acids is 1. The lowest BCUT2D eigenvalue weighted by Crippen LogP contribution is -2.21. The zero-order valence-corrected chi connectivity index (χ0v) is 11.3. The highest BCUT2D eigenvalue weighted by Gasteiger charge is 2.20. The molecular weight excluding hydrogens is 274 g/mol. The van der Waals surface area contributed by atoms with E-state index in [9.17, 15) is 20.0 Å². The summed E-state index contributed by atoms with van der Waals surface area (Å²) < 4.78 is 0. The smallest absolute Gasteiger partial charge is 0.339 e. The van der Waals surface area contributed by atoms with Crippen LogP contribution in [0, 0.1) is 10.1 Å². The Kier molecular flexibility index (Phi) is 4.13. The Morgan fingerprint density at radius 3 is 2.62 bits per heavy atom. The molecule has 2 aromatic rings. The molecule has 0 spiro atoms. The van der Waals surface area contributed by atoms with Crippen LogP contribution in [0.2, 0.25) is 0 Å². The van der Waals surface area contributed by atoms with Crippen molar-refractivity contribution in [2.75, 3.05) is 11.9 Å². The minimum Gasteiger partial charge on any atom is -0.478 e. The summed E-state index contributed by atoms with van der Waals surface area (Å²) in [4.78, 5) is 26.9. The molecule has 0 amide bonds. The maximum absolute atomic E-state index is 11.3. The summed E-state index contributed by atoms with van der Waals surface area (Å²) in [5, 5.41) is 19.9. The van der Waals surface area contributed by atoms with Crippen molar-refractivity contribution < 1.29 is 14.8 Å². The number of benzene rings is 1. The number of nitrogens with zero attached hydrogens (tertiary/aromatic N) is 3. The van der Waals surface area contributed by atoms with Gasteiger partial charge in [0.15, 0.2) is 0 Å². The van der Waals surface area contributed by atoms with Crippen LogP contribution >= 0.6 is 0 Å². The number of carboxylic acid groups (broad SMARTS) is 1. The normalized spacial score (nSPS) is 10.1. The van der Waals surface area contributed by atoms with Crippen LogP contribution in [0.1, 0.15) is 15.9 Å². The lowest BCUT2D eigenvalue weighted by Gasteiger charge is -2.19. The van der Waals surface area contributed by atoms with Crippen molar-refractivity contribution in [1.29, 1.82) is 0 Å². The molecule has 0 unspecified atom stereocenters. The molecule has 1 aromatic carbocycles.